The largest absolute Gasteiger partial charge is 0.451 e. The number of fused-ring (bicyclic) bond motifs is 1. The number of piperidine rings is 1. The van der Waals surface area contributed by atoms with E-state index in [0.29, 0.717) is 67.9 Å². The Morgan fingerprint density at radius 2 is 1.89 bits per heavy atom. The van der Waals surface area contributed by atoms with Crippen molar-refractivity contribution < 1.29 is 19.1 Å². The molecule has 0 aliphatic carbocycles. The van der Waals surface area contributed by atoms with Crippen LogP contribution < -0.4 is 20.9 Å². The number of hydrogen-bond donors (Lipinski definition) is 3. The molecule has 37 heavy (non-hydrogen) atoms. The molecular formula is C25H27N7O4S. The predicted molar refractivity (Wildman–Crippen MR) is 142 cm³/mol. The number of nitrogen functional groups attached to an aromatic ring is 1. The first kappa shape index (κ1) is 23.6. The van der Waals surface area contributed by atoms with Gasteiger partial charge in [-0.3, -0.25) is 4.79 Å². The number of pyridine rings is 2. The zero-order valence-corrected chi connectivity index (χ0v) is 20.9. The van der Waals surface area contributed by atoms with E-state index in [-0.39, 0.29) is 17.8 Å². The Kier molecular flexibility index (Phi) is 6.37. The van der Waals surface area contributed by atoms with E-state index in [9.17, 15) is 9.90 Å². The summed E-state index contributed by atoms with van der Waals surface area (Å²) in [6.45, 7) is 4.18. The smallest absolute Gasteiger partial charge is 0.291 e. The average Bonchev–Trinajstić information content (AvgIpc) is 3.57. The zero-order valence-electron chi connectivity index (χ0n) is 20.1. The van der Waals surface area contributed by atoms with E-state index in [1.165, 1.54) is 0 Å². The van der Waals surface area contributed by atoms with Crippen molar-refractivity contribution in [3.05, 3.63) is 42.3 Å². The van der Waals surface area contributed by atoms with E-state index in [2.05, 4.69) is 20.1 Å². The van der Waals surface area contributed by atoms with Gasteiger partial charge in [-0.1, -0.05) is 11.3 Å². The molecule has 0 bridgehead atoms. The second kappa shape index (κ2) is 9.96. The highest BCUT2D eigenvalue weighted by Gasteiger charge is 2.25. The van der Waals surface area contributed by atoms with Gasteiger partial charge in [0.2, 0.25) is 0 Å². The van der Waals surface area contributed by atoms with Crippen molar-refractivity contribution in [1.29, 1.82) is 0 Å². The van der Waals surface area contributed by atoms with E-state index in [4.69, 9.17) is 24.9 Å². The molecule has 0 radical (unpaired) electrons. The molecule has 2 fully saturated rings. The fourth-order valence-electron chi connectivity index (χ4n) is 4.54. The molecule has 4 aromatic heterocycles. The number of amides is 1. The number of hydrogen-bond acceptors (Lipinski definition) is 11. The molecule has 2 aliphatic heterocycles. The van der Waals surface area contributed by atoms with Crippen molar-refractivity contribution in [2.75, 3.05) is 60.2 Å². The lowest BCUT2D eigenvalue weighted by molar-refractivity contribution is 0.0997. The van der Waals surface area contributed by atoms with Crippen LogP contribution in [0.25, 0.3) is 21.7 Å². The highest BCUT2D eigenvalue weighted by molar-refractivity contribution is 7.22. The van der Waals surface area contributed by atoms with Gasteiger partial charge in [-0.25, -0.2) is 9.97 Å². The van der Waals surface area contributed by atoms with Crippen LogP contribution in [0.15, 0.2) is 40.9 Å². The van der Waals surface area contributed by atoms with Gasteiger partial charge in [-0.05, 0) is 43.2 Å². The second-order valence-corrected chi connectivity index (χ2v) is 10.1. The number of rotatable bonds is 5. The summed E-state index contributed by atoms with van der Waals surface area (Å²) < 4.78 is 12.2. The van der Waals surface area contributed by atoms with E-state index in [1.807, 2.05) is 6.07 Å². The number of thiazole rings is 1. The summed E-state index contributed by atoms with van der Waals surface area (Å²) in [4.78, 5) is 31.2. The maximum Gasteiger partial charge on any atom is 0.291 e. The molecule has 1 amide bonds. The second-order valence-electron chi connectivity index (χ2n) is 9.08. The number of carbonyl (C=O) groups excluding carboxylic acids is 1. The summed E-state index contributed by atoms with van der Waals surface area (Å²) in [5.74, 6) is 1.32. The lowest BCUT2D eigenvalue weighted by atomic mass is 10.1. The summed E-state index contributed by atoms with van der Waals surface area (Å²) in [6.07, 6.45) is 2.55. The van der Waals surface area contributed by atoms with Gasteiger partial charge < -0.3 is 35.1 Å². The molecular weight excluding hydrogens is 494 g/mol. The molecule has 6 rings (SSSR count). The standard InChI is InChI=1S/C25H27N7O4S/c26-21-13-15(3-6-27-21)18-1-2-19(36-18)24(34)28-17-14-20-22(29-23(17)31-7-4-16(33)5-8-31)30-25(37-20)32-9-11-35-12-10-32/h1-3,6,13-14,16,33H,4-5,7-12H2,(H2,26,27)(H,28,34). The van der Waals surface area contributed by atoms with E-state index < -0.39 is 0 Å². The van der Waals surface area contributed by atoms with Gasteiger partial charge in [0.05, 0.1) is 29.7 Å². The first-order chi connectivity index (χ1) is 18.0. The molecule has 0 atom stereocenters. The van der Waals surface area contributed by atoms with Crippen LogP contribution in [0.5, 0.6) is 0 Å². The number of morpholine rings is 1. The third-order valence-corrected chi connectivity index (χ3v) is 7.59. The van der Waals surface area contributed by atoms with Crippen molar-refractivity contribution in [3.8, 4) is 11.3 Å². The SMILES string of the molecule is Nc1cc(-c2ccc(C(=O)Nc3cc4sc(N5CCOCC5)nc4nc3N3CCC(O)CC3)o2)ccn1. The van der Waals surface area contributed by atoms with Gasteiger partial charge >= 0.3 is 0 Å². The number of nitrogens with one attached hydrogen (secondary N) is 1. The Balaban J connectivity index is 1.31. The molecule has 6 heterocycles. The Morgan fingerprint density at radius 1 is 1.08 bits per heavy atom. The highest BCUT2D eigenvalue weighted by Crippen LogP contribution is 2.36. The first-order valence-electron chi connectivity index (χ1n) is 12.2. The molecule has 2 saturated heterocycles. The molecule has 4 aromatic rings. The third-order valence-electron chi connectivity index (χ3n) is 6.54. The van der Waals surface area contributed by atoms with Crippen molar-refractivity contribution in [3.63, 3.8) is 0 Å². The molecule has 11 nitrogen and oxygen atoms in total. The number of carbonyl (C=O) groups is 1. The van der Waals surface area contributed by atoms with Crippen LogP contribution in [0.2, 0.25) is 0 Å². The van der Waals surface area contributed by atoms with Crippen LogP contribution in [0.1, 0.15) is 23.4 Å². The van der Waals surface area contributed by atoms with Crippen LogP contribution in [-0.4, -0.2) is 71.5 Å². The molecule has 0 saturated carbocycles. The van der Waals surface area contributed by atoms with Crippen molar-refractivity contribution >= 4 is 50.0 Å². The summed E-state index contributed by atoms with van der Waals surface area (Å²) in [5.41, 5.74) is 7.74. The topological polar surface area (TPSA) is 143 Å². The number of aliphatic hydroxyl groups excluding tert-OH is 1. The maximum atomic E-state index is 13.2. The van der Waals surface area contributed by atoms with Crippen molar-refractivity contribution in [2.24, 2.45) is 0 Å². The summed E-state index contributed by atoms with van der Waals surface area (Å²) in [7, 11) is 0. The molecule has 12 heteroatoms. The minimum absolute atomic E-state index is 0.170. The van der Waals surface area contributed by atoms with Crippen LogP contribution in [0, 0.1) is 0 Å². The zero-order chi connectivity index (χ0) is 25.4. The van der Waals surface area contributed by atoms with Crippen LogP contribution in [-0.2, 0) is 4.74 Å². The normalized spacial score (nSPS) is 16.9. The van der Waals surface area contributed by atoms with Gasteiger partial charge in [-0.15, -0.1) is 0 Å². The van der Waals surface area contributed by atoms with Crippen LogP contribution in [0.4, 0.5) is 22.5 Å². The lowest BCUT2D eigenvalue weighted by Gasteiger charge is -2.31. The van der Waals surface area contributed by atoms with Gasteiger partial charge in [-0.2, -0.15) is 4.98 Å². The van der Waals surface area contributed by atoms with E-state index in [1.54, 1.807) is 41.8 Å². The van der Waals surface area contributed by atoms with Crippen molar-refractivity contribution in [1.82, 2.24) is 15.0 Å². The van der Waals surface area contributed by atoms with Gasteiger partial charge in [0.1, 0.15) is 11.6 Å². The average molecular weight is 522 g/mol. The number of nitrogens with zero attached hydrogens (tertiary/aromatic N) is 5. The van der Waals surface area contributed by atoms with Gasteiger partial charge in [0, 0.05) is 37.9 Å². The van der Waals surface area contributed by atoms with E-state index >= 15 is 0 Å². The third kappa shape index (κ3) is 4.95. The molecule has 192 valence electrons. The first-order valence-corrected chi connectivity index (χ1v) is 13.1. The summed E-state index contributed by atoms with van der Waals surface area (Å²) >= 11 is 1.55. The Labute approximate surface area is 216 Å². The summed E-state index contributed by atoms with van der Waals surface area (Å²) in [6, 6.07) is 8.75. The minimum atomic E-state index is -0.384. The van der Waals surface area contributed by atoms with Gasteiger partial charge in [0.15, 0.2) is 22.4 Å². The molecule has 0 spiro atoms. The number of furan rings is 1. The fourth-order valence-corrected chi connectivity index (χ4v) is 5.54. The predicted octanol–water partition coefficient (Wildman–Crippen LogP) is 2.98. The van der Waals surface area contributed by atoms with Gasteiger partial charge in [0.25, 0.3) is 5.91 Å². The Morgan fingerprint density at radius 3 is 2.68 bits per heavy atom. The number of anilines is 4. The number of ether oxygens (including phenoxy) is 1. The lowest BCUT2D eigenvalue weighted by Crippen LogP contribution is -2.37. The van der Waals surface area contributed by atoms with E-state index in [0.717, 1.165) is 28.5 Å². The van der Waals surface area contributed by atoms with Crippen LogP contribution >= 0.6 is 11.3 Å². The fraction of sp³-hybridized carbons (Fsp3) is 0.360. The maximum absolute atomic E-state index is 13.2. The highest BCUT2D eigenvalue weighted by atomic mass is 32.1. The molecule has 0 unspecified atom stereocenters. The quantitative estimate of drug-likeness (QED) is 0.359. The molecule has 2 aliphatic rings. The van der Waals surface area contributed by atoms with Crippen LogP contribution in [0.3, 0.4) is 0 Å². The number of aromatic nitrogens is 3. The number of nitrogens with two attached hydrogens (primary N) is 1. The minimum Gasteiger partial charge on any atom is -0.451 e. The monoisotopic (exact) mass is 521 g/mol. The molecule has 4 N–H and O–H groups in total. The molecule has 0 aromatic carbocycles. The number of aliphatic hydroxyl groups is 1. The Hall–Kier alpha value is -3.74. The summed E-state index contributed by atoms with van der Waals surface area (Å²) in [5, 5.41) is 13.9. The Bertz CT molecular complexity index is 1420. The van der Waals surface area contributed by atoms with Crippen molar-refractivity contribution in [2.45, 2.75) is 18.9 Å².